The number of halogens is 2. The zero-order chi connectivity index (χ0) is 20.7. The third kappa shape index (κ3) is 5.28. The molecule has 0 fully saturated rings. The number of ether oxygens (including phenoxy) is 2. The van der Waals surface area contributed by atoms with Crippen molar-refractivity contribution in [1.82, 2.24) is 16.0 Å². The molecule has 0 radical (unpaired) electrons. The van der Waals surface area contributed by atoms with Crippen molar-refractivity contribution in [2.24, 2.45) is 0 Å². The van der Waals surface area contributed by atoms with E-state index in [0.29, 0.717) is 13.2 Å². The molecule has 0 bridgehead atoms. The zero-order valence-electron chi connectivity index (χ0n) is 15.7. The minimum atomic E-state index is -0.731. The molecule has 1 heterocycles. The predicted octanol–water partition coefficient (Wildman–Crippen LogP) is 2.99. The summed E-state index contributed by atoms with van der Waals surface area (Å²) in [6.07, 6.45) is -0.839. The van der Waals surface area contributed by atoms with Crippen molar-refractivity contribution < 1.29 is 28.0 Å². The standard InChI is InChI=1S/C18H21ClFN3O5/c1-4-26-14(27-5-2)9-13(24)21-22-18(25)15-10(3)28-23-17(15)16-11(19)7-6-8-12(16)20/h6-8,14H,4-5,9H2,1-3H3,(H,21,24)(H,22,25). The number of hydrogen-bond donors (Lipinski definition) is 2. The summed E-state index contributed by atoms with van der Waals surface area (Å²) in [5.41, 5.74) is 4.34. The number of nitrogens with one attached hydrogen (secondary N) is 2. The van der Waals surface area contributed by atoms with Crippen LogP contribution in [0.4, 0.5) is 4.39 Å². The van der Waals surface area contributed by atoms with Crippen molar-refractivity contribution in [1.29, 1.82) is 0 Å². The van der Waals surface area contributed by atoms with Gasteiger partial charge in [0, 0.05) is 13.2 Å². The Morgan fingerprint density at radius 1 is 1.25 bits per heavy atom. The molecule has 2 aromatic rings. The first-order chi connectivity index (χ1) is 13.4. The number of rotatable bonds is 8. The summed E-state index contributed by atoms with van der Waals surface area (Å²) in [5.74, 6) is -1.77. The van der Waals surface area contributed by atoms with E-state index >= 15 is 0 Å². The fourth-order valence-electron chi connectivity index (χ4n) is 2.46. The molecule has 0 spiro atoms. The second-order valence-electron chi connectivity index (χ2n) is 5.61. The van der Waals surface area contributed by atoms with Gasteiger partial charge in [-0.2, -0.15) is 0 Å². The summed E-state index contributed by atoms with van der Waals surface area (Å²) in [6, 6.07) is 4.09. The molecule has 2 N–H and O–H groups in total. The summed E-state index contributed by atoms with van der Waals surface area (Å²) in [5, 5.41) is 3.81. The fraction of sp³-hybridized carbons (Fsp3) is 0.389. The number of carbonyl (C=O) groups is 2. The van der Waals surface area contributed by atoms with Gasteiger partial charge in [0.05, 0.1) is 17.0 Å². The molecule has 0 unspecified atom stereocenters. The largest absolute Gasteiger partial charge is 0.360 e. The van der Waals surface area contributed by atoms with Crippen molar-refractivity contribution >= 4 is 23.4 Å². The number of amides is 2. The van der Waals surface area contributed by atoms with Crippen LogP contribution >= 0.6 is 11.6 Å². The average molecular weight is 414 g/mol. The number of benzene rings is 1. The maximum Gasteiger partial charge on any atom is 0.275 e. The second kappa shape index (κ2) is 10.2. The minimum Gasteiger partial charge on any atom is -0.360 e. The Kier molecular flexibility index (Phi) is 7.91. The maximum atomic E-state index is 14.2. The Balaban J connectivity index is 2.11. The van der Waals surface area contributed by atoms with Gasteiger partial charge in [-0.1, -0.05) is 22.8 Å². The molecule has 2 amide bonds. The van der Waals surface area contributed by atoms with Crippen molar-refractivity contribution in [2.75, 3.05) is 13.2 Å². The normalized spacial score (nSPS) is 10.9. The van der Waals surface area contributed by atoms with Gasteiger partial charge in [-0.3, -0.25) is 20.4 Å². The van der Waals surface area contributed by atoms with E-state index in [0.717, 1.165) is 0 Å². The summed E-state index contributed by atoms with van der Waals surface area (Å²) in [4.78, 5) is 24.6. The van der Waals surface area contributed by atoms with Crippen LogP contribution in [0.1, 0.15) is 36.4 Å². The summed E-state index contributed by atoms with van der Waals surface area (Å²) < 4.78 is 29.8. The van der Waals surface area contributed by atoms with Gasteiger partial charge in [0.15, 0.2) is 6.29 Å². The van der Waals surface area contributed by atoms with E-state index in [2.05, 4.69) is 16.0 Å². The molecule has 0 atom stereocenters. The highest BCUT2D eigenvalue weighted by molar-refractivity contribution is 6.33. The molecule has 2 rings (SSSR count). The molecule has 10 heteroatoms. The van der Waals surface area contributed by atoms with Crippen LogP contribution in [0.2, 0.25) is 5.02 Å². The van der Waals surface area contributed by atoms with Crippen LogP contribution in [0, 0.1) is 12.7 Å². The van der Waals surface area contributed by atoms with E-state index in [9.17, 15) is 14.0 Å². The van der Waals surface area contributed by atoms with Crippen LogP contribution in [-0.4, -0.2) is 36.5 Å². The van der Waals surface area contributed by atoms with Crippen LogP contribution in [0.15, 0.2) is 22.7 Å². The van der Waals surface area contributed by atoms with Gasteiger partial charge in [-0.05, 0) is 32.9 Å². The van der Waals surface area contributed by atoms with Crippen LogP contribution < -0.4 is 10.9 Å². The first-order valence-electron chi connectivity index (χ1n) is 8.62. The number of carbonyl (C=O) groups excluding carboxylic acids is 2. The second-order valence-corrected chi connectivity index (χ2v) is 6.01. The highest BCUT2D eigenvalue weighted by Gasteiger charge is 2.26. The highest BCUT2D eigenvalue weighted by atomic mass is 35.5. The van der Waals surface area contributed by atoms with E-state index in [-0.39, 0.29) is 34.0 Å². The van der Waals surface area contributed by atoms with Crippen LogP contribution in [-0.2, 0) is 14.3 Å². The number of aryl methyl sites for hydroxylation is 1. The first kappa shape index (κ1) is 21.8. The molecule has 0 saturated carbocycles. The molecule has 28 heavy (non-hydrogen) atoms. The van der Waals surface area contributed by atoms with Crippen molar-refractivity contribution in [3.8, 4) is 11.3 Å². The van der Waals surface area contributed by atoms with Crippen molar-refractivity contribution in [3.63, 3.8) is 0 Å². The van der Waals surface area contributed by atoms with Gasteiger partial charge in [0.1, 0.15) is 22.8 Å². The quantitative estimate of drug-likeness (QED) is 0.509. The molecule has 0 aliphatic rings. The monoisotopic (exact) mass is 413 g/mol. The summed E-state index contributed by atoms with van der Waals surface area (Å²) >= 11 is 6.04. The number of nitrogens with zero attached hydrogens (tertiary/aromatic N) is 1. The smallest absolute Gasteiger partial charge is 0.275 e. The molecule has 0 aliphatic carbocycles. The lowest BCUT2D eigenvalue weighted by Crippen LogP contribution is -2.43. The molecule has 1 aromatic heterocycles. The van der Waals surface area contributed by atoms with E-state index in [1.54, 1.807) is 13.8 Å². The lowest BCUT2D eigenvalue weighted by molar-refractivity contribution is -0.153. The van der Waals surface area contributed by atoms with Crippen LogP contribution in [0.5, 0.6) is 0 Å². The van der Waals surface area contributed by atoms with Crippen LogP contribution in [0.3, 0.4) is 0 Å². The summed E-state index contributed by atoms with van der Waals surface area (Å²) in [6.45, 7) is 5.78. The number of aromatic nitrogens is 1. The van der Waals surface area contributed by atoms with E-state index in [4.69, 9.17) is 25.6 Å². The van der Waals surface area contributed by atoms with Gasteiger partial charge in [0.2, 0.25) is 5.91 Å². The Labute approximate surface area is 166 Å². The molecule has 1 aromatic carbocycles. The molecule has 0 saturated heterocycles. The minimum absolute atomic E-state index is 0.0431. The van der Waals surface area contributed by atoms with Crippen molar-refractivity contribution in [3.05, 3.63) is 40.4 Å². The molecule has 8 nitrogen and oxygen atoms in total. The molecular formula is C18H21ClFN3O5. The topological polar surface area (TPSA) is 103 Å². The van der Waals surface area contributed by atoms with Crippen LogP contribution in [0.25, 0.3) is 11.3 Å². The number of hydrazine groups is 1. The predicted molar refractivity (Wildman–Crippen MR) is 98.9 cm³/mol. The summed E-state index contributed by atoms with van der Waals surface area (Å²) in [7, 11) is 0. The Morgan fingerprint density at radius 2 is 1.93 bits per heavy atom. The third-order valence-electron chi connectivity index (χ3n) is 3.66. The maximum absolute atomic E-state index is 14.2. The highest BCUT2D eigenvalue weighted by Crippen LogP contribution is 2.33. The van der Waals surface area contributed by atoms with Gasteiger partial charge >= 0.3 is 0 Å². The van der Waals surface area contributed by atoms with E-state index in [1.165, 1.54) is 25.1 Å². The van der Waals surface area contributed by atoms with Gasteiger partial charge < -0.3 is 14.0 Å². The third-order valence-corrected chi connectivity index (χ3v) is 3.98. The lowest BCUT2D eigenvalue weighted by atomic mass is 10.1. The average Bonchev–Trinajstić information content (AvgIpc) is 3.01. The molecule has 0 aliphatic heterocycles. The first-order valence-corrected chi connectivity index (χ1v) is 8.99. The molecule has 152 valence electrons. The Morgan fingerprint density at radius 3 is 2.54 bits per heavy atom. The zero-order valence-corrected chi connectivity index (χ0v) is 16.4. The Bertz CT molecular complexity index is 816. The molecular weight excluding hydrogens is 393 g/mol. The lowest BCUT2D eigenvalue weighted by Gasteiger charge is -2.16. The van der Waals surface area contributed by atoms with E-state index in [1.807, 2.05) is 0 Å². The SMILES string of the molecule is CCOC(CC(=O)NNC(=O)c1c(-c2c(F)cccc2Cl)noc1C)OCC. The van der Waals surface area contributed by atoms with Gasteiger partial charge in [-0.15, -0.1) is 0 Å². The Hall–Kier alpha value is -2.49. The number of hydrogen-bond acceptors (Lipinski definition) is 6. The fourth-order valence-corrected chi connectivity index (χ4v) is 2.72. The van der Waals surface area contributed by atoms with E-state index < -0.39 is 23.9 Å². The van der Waals surface area contributed by atoms with Crippen molar-refractivity contribution in [2.45, 2.75) is 33.5 Å². The van der Waals surface area contributed by atoms with Gasteiger partial charge in [-0.25, -0.2) is 4.39 Å². The van der Waals surface area contributed by atoms with Gasteiger partial charge in [0.25, 0.3) is 5.91 Å².